The molecule has 1 amide bonds. The van der Waals surface area contributed by atoms with E-state index in [0.717, 1.165) is 5.56 Å². The van der Waals surface area contributed by atoms with Crippen LogP contribution in [0.4, 0.5) is 0 Å². The number of rotatable bonds is 6. The first-order valence-electron chi connectivity index (χ1n) is 6.00. The predicted octanol–water partition coefficient (Wildman–Crippen LogP) is 2.03. The number of amides is 1. The summed E-state index contributed by atoms with van der Waals surface area (Å²) in [5.41, 5.74) is 0.835. The number of carbonyl (C=O) groups excluding carboxylic acids is 1. The van der Waals surface area contributed by atoms with E-state index in [1.54, 1.807) is 32.0 Å². The van der Waals surface area contributed by atoms with Crippen LogP contribution < -0.4 is 5.32 Å². The van der Waals surface area contributed by atoms with Crippen LogP contribution in [-0.4, -0.2) is 25.8 Å². The SMILES string of the molecule is CC(C)CS(=O)(=O)CC(=O)NCc1cccc(Cl)c1. The van der Waals surface area contributed by atoms with Gasteiger partial charge in [-0.15, -0.1) is 0 Å². The lowest BCUT2D eigenvalue weighted by atomic mass is 10.2. The van der Waals surface area contributed by atoms with Crippen molar-refractivity contribution < 1.29 is 13.2 Å². The van der Waals surface area contributed by atoms with E-state index in [-0.39, 0.29) is 18.2 Å². The Labute approximate surface area is 119 Å². The van der Waals surface area contributed by atoms with Crippen molar-refractivity contribution in [3.63, 3.8) is 0 Å². The summed E-state index contributed by atoms with van der Waals surface area (Å²) in [5, 5.41) is 3.16. The fraction of sp³-hybridized carbons (Fsp3) is 0.462. The van der Waals surface area contributed by atoms with Crippen molar-refractivity contribution in [1.82, 2.24) is 5.32 Å². The molecule has 19 heavy (non-hydrogen) atoms. The van der Waals surface area contributed by atoms with Gasteiger partial charge >= 0.3 is 0 Å². The molecule has 0 saturated carbocycles. The standard InChI is InChI=1S/C13H18ClNO3S/c1-10(2)8-19(17,18)9-13(16)15-7-11-4-3-5-12(14)6-11/h3-6,10H,7-9H2,1-2H3,(H,15,16). The normalized spacial score (nSPS) is 11.6. The maximum atomic E-state index is 11.6. The summed E-state index contributed by atoms with van der Waals surface area (Å²) in [5.74, 6) is -0.907. The van der Waals surface area contributed by atoms with Crippen LogP contribution in [0, 0.1) is 5.92 Å². The highest BCUT2D eigenvalue weighted by atomic mass is 35.5. The average molecular weight is 304 g/mol. The Kier molecular flexibility index (Phi) is 5.82. The molecule has 0 aliphatic rings. The molecule has 1 N–H and O–H groups in total. The van der Waals surface area contributed by atoms with Gasteiger partial charge < -0.3 is 5.32 Å². The summed E-state index contributed by atoms with van der Waals surface area (Å²) in [6.45, 7) is 3.89. The van der Waals surface area contributed by atoms with Gasteiger partial charge in [-0.1, -0.05) is 37.6 Å². The number of hydrogen-bond acceptors (Lipinski definition) is 3. The van der Waals surface area contributed by atoms with E-state index in [1.807, 2.05) is 6.07 Å². The first-order valence-corrected chi connectivity index (χ1v) is 8.20. The second kappa shape index (κ2) is 6.91. The zero-order chi connectivity index (χ0) is 14.5. The van der Waals surface area contributed by atoms with Gasteiger partial charge in [0.15, 0.2) is 9.84 Å². The molecule has 4 nitrogen and oxygen atoms in total. The average Bonchev–Trinajstić information content (AvgIpc) is 2.24. The summed E-state index contributed by atoms with van der Waals surface area (Å²) in [6, 6.07) is 7.05. The molecule has 0 aromatic heterocycles. The molecule has 0 aliphatic carbocycles. The summed E-state index contributed by atoms with van der Waals surface area (Å²) in [4.78, 5) is 11.6. The van der Waals surface area contributed by atoms with E-state index in [4.69, 9.17) is 11.6 Å². The Morgan fingerprint density at radius 1 is 1.37 bits per heavy atom. The molecule has 0 fully saturated rings. The van der Waals surface area contributed by atoms with Crippen LogP contribution in [0.1, 0.15) is 19.4 Å². The molecule has 0 spiro atoms. The molecule has 0 atom stereocenters. The first kappa shape index (κ1) is 16.0. The zero-order valence-electron chi connectivity index (χ0n) is 11.0. The summed E-state index contributed by atoms with van der Waals surface area (Å²) in [6.07, 6.45) is 0. The van der Waals surface area contributed by atoms with E-state index in [0.29, 0.717) is 5.02 Å². The van der Waals surface area contributed by atoms with Crippen LogP contribution in [0.15, 0.2) is 24.3 Å². The fourth-order valence-corrected chi connectivity index (χ4v) is 3.51. The molecule has 106 valence electrons. The van der Waals surface area contributed by atoms with Crippen LogP contribution in [0.5, 0.6) is 0 Å². The second-order valence-electron chi connectivity index (χ2n) is 4.86. The molecule has 0 heterocycles. The van der Waals surface area contributed by atoms with Crippen LogP contribution in [0.25, 0.3) is 0 Å². The number of carbonyl (C=O) groups is 1. The lowest BCUT2D eigenvalue weighted by molar-refractivity contribution is -0.118. The zero-order valence-corrected chi connectivity index (χ0v) is 12.6. The van der Waals surface area contributed by atoms with Crippen molar-refractivity contribution in [3.8, 4) is 0 Å². The van der Waals surface area contributed by atoms with Crippen molar-refractivity contribution in [3.05, 3.63) is 34.9 Å². The number of hydrogen-bond donors (Lipinski definition) is 1. The van der Waals surface area contributed by atoms with E-state index in [9.17, 15) is 13.2 Å². The van der Waals surface area contributed by atoms with E-state index >= 15 is 0 Å². The Bertz CT molecular complexity index is 541. The Morgan fingerprint density at radius 3 is 2.63 bits per heavy atom. The summed E-state index contributed by atoms with van der Waals surface area (Å²) in [7, 11) is -3.33. The van der Waals surface area contributed by atoms with Gasteiger partial charge in [-0.25, -0.2) is 8.42 Å². The van der Waals surface area contributed by atoms with Crippen LogP contribution in [0.2, 0.25) is 5.02 Å². The third-order valence-electron chi connectivity index (χ3n) is 2.32. The van der Waals surface area contributed by atoms with Gasteiger partial charge in [0.25, 0.3) is 0 Å². The fourth-order valence-electron chi connectivity index (χ4n) is 1.67. The van der Waals surface area contributed by atoms with Crippen LogP contribution >= 0.6 is 11.6 Å². The molecule has 0 radical (unpaired) electrons. The van der Waals surface area contributed by atoms with Crippen molar-refractivity contribution in [2.75, 3.05) is 11.5 Å². The van der Waals surface area contributed by atoms with Gasteiger partial charge in [-0.2, -0.15) is 0 Å². The largest absolute Gasteiger partial charge is 0.351 e. The maximum Gasteiger partial charge on any atom is 0.235 e. The molecule has 1 aromatic carbocycles. The maximum absolute atomic E-state index is 11.6. The van der Waals surface area contributed by atoms with Gasteiger partial charge in [0.2, 0.25) is 5.91 Å². The van der Waals surface area contributed by atoms with E-state index in [1.165, 1.54) is 0 Å². The molecule has 0 bridgehead atoms. The lowest BCUT2D eigenvalue weighted by Gasteiger charge is -2.08. The van der Waals surface area contributed by atoms with Crippen molar-refractivity contribution in [1.29, 1.82) is 0 Å². The number of sulfone groups is 1. The highest BCUT2D eigenvalue weighted by molar-refractivity contribution is 7.92. The minimum Gasteiger partial charge on any atom is -0.351 e. The number of nitrogens with one attached hydrogen (secondary N) is 1. The molecular weight excluding hydrogens is 286 g/mol. The number of benzene rings is 1. The van der Waals surface area contributed by atoms with Gasteiger partial charge in [-0.05, 0) is 23.6 Å². The van der Waals surface area contributed by atoms with Gasteiger partial charge in [0.05, 0.1) is 5.75 Å². The van der Waals surface area contributed by atoms with Gasteiger partial charge in [0.1, 0.15) is 5.75 Å². The minimum absolute atomic E-state index is 0.0192. The molecule has 0 aliphatic heterocycles. The third-order valence-corrected chi connectivity index (χ3v) is 4.43. The summed E-state index contributed by atoms with van der Waals surface area (Å²) >= 11 is 5.82. The number of halogens is 1. The van der Waals surface area contributed by atoms with Crippen LogP contribution in [0.3, 0.4) is 0 Å². The highest BCUT2D eigenvalue weighted by Crippen LogP contribution is 2.10. The Morgan fingerprint density at radius 2 is 2.05 bits per heavy atom. The van der Waals surface area contributed by atoms with Gasteiger partial charge in [-0.3, -0.25) is 4.79 Å². The molecule has 1 rings (SSSR count). The monoisotopic (exact) mass is 303 g/mol. The van der Waals surface area contributed by atoms with Crippen molar-refractivity contribution in [2.24, 2.45) is 5.92 Å². The lowest BCUT2D eigenvalue weighted by Crippen LogP contribution is -2.31. The second-order valence-corrected chi connectivity index (χ2v) is 7.40. The van der Waals surface area contributed by atoms with Crippen molar-refractivity contribution >= 4 is 27.3 Å². The quantitative estimate of drug-likeness (QED) is 0.874. The predicted molar refractivity (Wildman–Crippen MR) is 76.8 cm³/mol. The third kappa shape index (κ3) is 6.59. The van der Waals surface area contributed by atoms with E-state index in [2.05, 4.69) is 5.32 Å². The Hall–Kier alpha value is -1.07. The smallest absolute Gasteiger partial charge is 0.235 e. The van der Waals surface area contributed by atoms with Crippen LogP contribution in [-0.2, 0) is 21.2 Å². The van der Waals surface area contributed by atoms with E-state index < -0.39 is 21.5 Å². The molecule has 0 saturated heterocycles. The molecule has 6 heteroatoms. The molecular formula is C13H18ClNO3S. The Balaban J connectivity index is 2.48. The molecule has 0 unspecified atom stereocenters. The van der Waals surface area contributed by atoms with Crippen molar-refractivity contribution in [2.45, 2.75) is 20.4 Å². The summed E-state index contributed by atoms with van der Waals surface area (Å²) < 4.78 is 23.3. The minimum atomic E-state index is -3.33. The highest BCUT2D eigenvalue weighted by Gasteiger charge is 2.17. The molecule has 1 aromatic rings. The first-order chi connectivity index (χ1) is 8.78. The van der Waals surface area contributed by atoms with Gasteiger partial charge in [0, 0.05) is 11.6 Å². The topological polar surface area (TPSA) is 63.2 Å².